The number of aryl methyl sites for hydroxylation is 1. The maximum Gasteiger partial charge on any atom is 0.254 e. The number of carbonyl (C=O) groups is 1. The van der Waals surface area contributed by atoms with Gasteiger partial charge in [0.25, 0.3) is 5.91 Å². The van der Waals surface area contributed by atoms with Crippen molar-refractivity contribution in [1.29, 1.82) is 0 Å². The zero-order chi connectivity index (χ0) is 14.5. The van der Waals surface area contributed by atoms with E-state index in [9.17, 15) is 4.79 Å². The van der Waals surface area contributed by atoms with Crippen LogP contribution in [0, 0.1) is 6.92 Å². The molecule has 0 aliphatic heterocycles. The van der Waals surface area contributed by atoms with Crippen LogP contribution in [0.5, 0.6) is 5.75 Å². The van der Waals surface area contributed by atoms with Gasteiger partial charge in [0.05, 0.1) is 23.4 Å². The van der Waals surface area contributed by atoms with Crippen molar-refractivity contribution in [1.82, 2.24) is 10.3 Å². The van der Waals surface area contributed by atoms with Crippen molar-refractivity contribution >= 4 is 22.9 Å². The lowest BCUT2D eigenvalue weighted by Crippen LogP contribution is -2.19. The van der Waals surface area contributed by atoms with Crippen LogP contribution in [0.1, 0.15) is 20.9 Å². The molecular weight excluding hydrogens is 274 g/mol. The number of nitrogens with zero attached hydrogens (tertiary/aromatic N) is 1. The highest BCUT2D eigenvalue weighted by molar-refractivity contribution is 7.09. The number of anilines is 1. The fourth-order valence-electron chi connectivity index (χ4n) is 1.80. The lowest BCUT2D eigenvalue weighted by atomic mass is 10.1. The largest absolute Gasteiger partial charge is 0.492 e. The first-order valence-electron chi connectivity index (χ1n) is 6.25. The summed E-state index contributed by atoms with van der Waals surface area (Å²) in [6.07, 6.45) is 0.762. The van der Waals surface area contributed by atoms with Gasteiger partial charge in [0.2, 0.25) is 0 Å². The molecule has 0 aliphatic rings. The number of benzene rings is 1. The molecule has 0 fully saturated rings. The number of nitrogens with two attached hydrogens (primary N) is 1. The SMILES string of the molecule is CNC(=O)c1ccc(N)cc1OCCc1scnc1C. The van der Waals surface area contributed by atoms with Crippen LogP contribution in [-0.4, -0.2) is 24.5 Å². The van der Waals surface area contributed by atoms with Gasteiger partial charge in [0, 0.05) is 30.1 Å². The number of carbonyl (C=O) groups excluding carboxylic acids is 1. The van der Waals surface area contributed by atoms with Crippen LogP contribution < -0.4 is 15.8 Å². The van der Waals surface area contributed by atoms with E-state index in [4.69, 9.17) is 10.5 Å². The molecule has 0 spiro atoms. The second-order valence-electron chi connectivity index (χ2n) is 4.29. The summed E-state index contributed by atoms with van der Waals surface area (Å²) in [5, 5.41) is 2.59. The van der Waals surface area contributed by atoms with E-state index in [1.165, 1.54) is 4.88 Å². The highest BCUT2D eigenvalue weighted by Crippen LogP contribution is 2.22. The van der Waals surface area contributed by atoms with Gasteiger partial charge in [0.15, 0.2) is 0 Å². The van der Waals surface area contributed by atoms with Crippen molar-refractivity contribution in [3.8, 4) is 5.75 Å². The fourth-order valence-corrected chi connectivity index (χ4v) is 2.56. The number of hydrogen-bond donors (Lipinski definition) is 2. The van der Waals surface area contributed by atoms with E-state index in [1.54, 1.807) is 36.6 Å². The number of thiazole rings is 1. The van der Waals surface area contributed by atoms with Gasteiger partial charge in [-0.15, -0.1) is 11.3 Å². The lowest BCUT2D eigenvalue weighted by molar-refractivity contribution is 0.0959. The Kier molecular flexibility index (Phi) is 4.57. The molecule has 1 heterocycles. The first-order valence-corrected chi connectivity index (χ1v) is 7.13. The summed E-state index contributed by atoms with van der Waals surface area (Å²) >= 11 is 1.61. The molecule has 0 aliphatic carbocycles. The second-order valence-corrected chi connectivity index (χ2v) is 5.23. The van der Waals surface area contributed by atoms with Gasteiger partial charge in [-0.25, -0.2) is 4.98 Å². The Morgan fingerprint density at radius 3 is 2.95 bits per heavy atom. The topological polar surface area (TPSA) is 77.2 Å². The van der Waals surface area contributed by atoms with Crippen LogP contribution in [0.25, 0.3) is 0 Å². The van der Waals surface area contributed by atoms with Crippen LogP contribution in [0.4, 0.5) is 5.69 Å². The summed E-state index contributed by atoms with van der Waals surface area (Å²) in [5.41, 5.74) is 9.65. The molecule has 6 heteroatoms. The minimum absolute atomic E-state index is 0.186. The molecule has 0 bridgehead atoms. The van der Waals surface area contributed by atoms with Crippen molar-refractivity contribution in [2.75, 3.05) is 19.4 Å². The van der Waals surface area contributed by atoms with Gasteiger partial charge in [0.1, 0.15) is 5.75 Å². The van der Waals surface area contributed by atoms with E-state index in [0.29, 0.717) is 23.6 Å². The van der Waals surface area contributed by atoms with Gasteiger partial charge in [-0.05, 0) is 19.1 Å². The van der Waals surface area contributed by atoms with E-state index < -0.39 is 0 Å². The zero-order valence-corrected chi connectivity index (χ0v) is 12.3. The predicted molar refractivity (Wildman–Crippen MR) is 80.3 cm³/mol. The number of aromatic nitrogens is 1. The highest BCUT2D eigenvalue weighted by atomic mass is 32.1. The van der Waals surface area contributed by atoms with E-state index in [1.807, 2.05) is 12.4 Å². The first kappa shape index (κ1) is 14.3. The first-order chi connectivity index (χ1) is 9.61. The number of rotatable bonds is 5. The molecule has 3 N–H and O–H groups in total. The molecule has 0 saturated heterocycles. The molecule has 0 radical (unpaired) electrons. The number of nitrogen functional groups attached to an aromatic ring is 1. The molecule has 2 aromatic rings. The molecule has 20 heavy (non-hydrogen) atoms. The van der Waals surface area contributed by atoms with Gasteiger partial charge < -0.3 is 15.8 Å². The van der Waals surface area contributed by atoms with Crippen LogP contribution in [0.3, 0.4) is 0 Å². The Labute approximate surface area is 121 Å². The third-order valence-corrected chi connectivity index (χ3v) is 3.90. The quantitative estimate of drug-likeness (QED) is 0.826. The molecule has 2 rings (SSSR count). The molecule has 1 aromatic carbocycles. The van der Waals surface area contributed by atoms with Crippen molar-refractivity contribution < 1.29 is 9.53 Å². The van der Waals surface area contributed by atoms with E-state index >= 15 is 0 Å². The monoisotopic (exact) mass is 291 g/mol. The Balaban J connectivity index is 2.06. The Bertz CT molecular complexity index is 610. The summed E-state index contributed by atoms with van der Waals surface area (Å²) in [4.78, 5) is 17.1. The maximum atomic E-state index is 11.8. The minimum Gasteiger partial charge on any atom is -0.492 e. The molecule has 1 aromatic heterocycles. The van der Waals surface area contributed by atoms with Gasteiger partial charge in [-0.2, -0.15) is 0 Å². The van der Waals surface area contributed by atoms with Crippen molar-refractivity contribution in [3.05, 3.63) is 39.8 Å². The van der Waals surface area contributed by atoms with Crippen LogP contribution >= 0.6 is 11.3 Å². The fraction of sp³-hybridized carbons (Fsp3) is 0.286. The highest BCUT2D eigenvalue weighted by Gasteiger charge is 2.12. The second kappa shape index (κ2) is 6.38. The Morgan fingerprint density at radius 2 is 2.30 bits per heavy atom. The molecule has 5 nitrogen and oxygen atoms in total. The number of ether oxygens (including phenoxy) is 1. The smallest absolute Gasteiger partial charge is 0.254 e. The predicted octanol–water partition coefficient (Wildman–Crippen LogP) is 2.01. The van der Waals surface area contributed by atoms with Crippen molar-refractivity contribution in [2.45, 2.75) is 13.3 Å². The molecule has 1 amide bonds. The molecule has 0 saturated carbocycles. The average molecular weight is 291 g/mol. The van der Waals surface area contributed by atoms with Crippen LogP contribution in [0.15, 0.2) is 23.7 Å². The molecular formula is C14H17N3O2S. The van der Waals surface area contributed by atoms with Crippen LogP contribution in [-0.2, 0) is 6.42 Å². The van der Waals surface area contributed by atoms with E-state index in [2.05, 4.69) is 10.3 Å². The average Bonchev–Trinajstić information content (AvgIpc) is 2.84. The lowest BCUT2D eigenvalue weighted by Gasteiger charge is -2.11. The van der Waals surface area contributed by atoms with Gasteiger partial charge in [-0.3, -0.25) is 4.79 Å². The van der Waals surface area contributed by atoms with E-state index in [-0.39, 0.29) is 5.91 Å². The van der Waals surface area contributed by atoms with Crippen LogP contribution in [0.2, 0.25) is 0 Å². The maximum absolute atomic E-state index is 11.8. The normalized spacial score (nSPS) is 10.3. The minimum atomic E-state index is -0.186. The summed E-state index contributed by atoms with van der Waals surface area (Å²) in [6.45, 7) is 2.46. The Morgan fingerprint density at radius 1 is 1.50 bits per heavy atom. The summed E-state index contributed by atoms with van der Waals surface area (Å²) < 4.78 is 5.71. The summed E-state index contributed by atoms with van der Waals surface area (Å²) in [6, 6.07) is 5.02. The van der Waals surface area contributed by atoms with Crippen molar-refractivity contribution in [3.63, 3.8) is 0 Å². The molecule has 106 valence electrons. The number of hydrogen-bond acceptors (Lipinski definition) is 5. The third-order valence-electron chi connectivity index (χ3n) is 2.91. The summed E-state index contributed by atoms with van der Waals surface area (Å²) in [5.74, 6) is 0.320. The third kappa shape index (κ3) is 3.27. The summed E-state index contributed by atoms with van der Waals surface area (Å²) in [7, 11) is 1.59. The Hall–Kier alpha value is -2.08. The van der Waals surface area contributed by atoms with Gasteiger partial charge >= 0.3 is 0 Å². The van der Waals surface area contributed by atoms with Crippen molar-refractivity contribution in [2.24, 2.45) is 0 Å². The molecule has 0 atom stereocenters. The number of amides is 1. The van der Waals surface area contributed by atoms with E-state index in [0.717, 1.165) is 12.1 Å². The number of nitrogens with one attached hydrogen (secondary N) is 1. The standard InChI is InChI=1S/C14H17N3O2S/c1-9-13(20-8-17-9)5-6-19-12-7-10(15)3-4-11(12)14(18)16-2/h3-4,7-8H,5-6,15H2,1-2H3,(H,16,18). The zero-order valence-electron chi connectivity index (χ0n) is 11.5. The van der Waals surface area contributed by atoms with Gasteiger partial charge in [-0.1, -0.05) is 0 Å². The molecule has 0 unspecified atom stereocenters.